The molecule has 2 N–H and O–H groups in total. The average Bonchev–Trinajstić information content (AvgIpc) is 2.66. The van der Waals surface area contributed by atoms with Gasteiger partial charge < -0.3 is 10.6 Å². The van der Waals surface area contributed by atoms with E-state index in [2.05, 4.69) is 30.6 Å². The predicted molar refractivity (Wildman–Crippen MR) is 127 cm³/mol. The van der Waals surface area contributed by atoms with Crippen molar-refractivity contribution in [2.75, 3.05) is 6.54 Å². The van der Waals surface area contributed by atoms with E-state index in [1.807, 2.05) is 68.4 Å². The van der Waals surface area contributed by atoms with Crippen LogP contribution >= 0.6 is 0 Å². The first-order valence-corrected chi connectivity index (χ1v) is 8.96. The van der Waals surface area contributed by atoms with Gasteiger partial charge >= 0.3 is 0 Å². The van der Waals surface area contributed by atoms with Crippen LogP contribution in [0, 0.1) is 11.3 Å². The molecule has 30 heavy (non-hydrogen) atoms. The van der Waals surface area contributed by atoms with Gasteiger partial charge in [0.25, 0.3) is 0 Å². The molecule has 0 aliphatic heterocycles. The van der Waals surface area contributed by atoms with Gasteiger partial charge in [0.05, 0.1) is 18.2 Å². The number of nitrogens with zero attached hydrogens (tertiary/aromatic N) is 1. The Balaban J connectivity index is -0.000000205. The van der Waals surface area contributed by atoms with Crippen LogP contribution in [-0.4, -0.2) is 18.5 Å². The molecule has 0 heterocycles. The van der Waals surface area contributed by atoms with Gasteiger partial charge in [-0.05, 0) is 29.2 Å². The molecule has 2 rings (SSSR count). The second-order valence-electron chi connectivity index (χ2n) is 6.69. The molecule has 1 amide bonds. The zero-order chi connectivity index (χ0) is 19.4. The summed E-state index contributed by atoms with van der Waals surface area (Å²) in [6.45, 7) is 9.26. The maximum absolute atomic E-state index is 11.3. The van der Waals surface area contributed by atoms with Crippen LogP contribution in [-0.2, 0) is 44.0 Å². The van der Waals surface area contributed by atoms with E-state index in [4.69, 9.17) is 5.26 Å². The van der Waals surface area contributed by atoms with E-state index in [9.17, 15) is 4.79 Å². The summed E-state index contributed by atoms with van der Waals surface area (Å²) in [6, 6.07) is 20.1. The fraction of sp³-hybridized carbons (Fsp3) is 0.440. The Morgan fingerprint density at radius 3 is 2.07 bits per heavy atom. The van der Waals surface area contributed by atoms with Crippen LogP contribution in [0.5, 0.6) is 0 Å². The maximum Gasteiger partial charge on any atom is 0.234 e. The molecule has 2 aromatic carbocycles. The van der Waals surface area contributed by atoms with Crippen molar-refractivity contribution in [1.82, 2.24) is 10.6 Å². The van der Waals surface area contributed by atoms with Gasteiger partial charge in [0.15, 0.2) is 0 Å². The Kier molecular flexibility index (Phi) is 24.8. The summed E-state index contributed by atoms with van der Waals surface area (Å²) in [5.74, 6) is 0.538. The van der Waals surface area contributed by atoms with Crippen molar-refractivity contribution < 1.29 is 37.5 Å². The number of hydrogen-bond acceptors (Lipinski definition) is 3. The molecule has 4 nitrogen and oxygen atoms in total. The quantitative estimate of drug-likeness (QED) is 0.533. The van der Waals surface area contributed by atoms with E-state index in [0.29, 0.717) is 25.0 Å². The Morgan fingerprint density at radius 1 is 0.967 bits per heavy atom. The van der Waals surface area contributed by atoms with Crippen molar-refractivity contribution in [2.24, 2.45) is 0 Å². The SMILES string of the molecule is C.C.C.CC(C)NCC(=O)NCc1ccccc1.CC(C)c1cccc(C#N)c1.[Y]. The summed E-state index contributed by atoms with van der Waals surface area (Å²) in [7, 11) is 0. The topological polar surface area (TPSA) is 64.9 Å². The Morgan fingerprint density at radius 2 is 1.57 bits per heavy atom. The van der Waals surface area contributed by atoms with E-state index in [-0.39, 0.29) is 60.9 Å². The molecule has 0 aliphatic rings. The van der Waals surface area contributed by atoms with Crippen LogP contribution in [0.25, 0.3) is 0 Å². The molecule has 2 aromatic rings. The van der Waals surface area contributed by atoms with Crippen LogP contribution < -0.4 is 10.6 Å². The van der Waals surface area contributed by atoms with Crippen LogP contribution in [0.1, 0.15) is 72.6 Å². The first-order valence-electron chi connectivity index (χ1n) is 8.96. The number of carbonyl (C=O) groups is 1. The summed E-state index contributed by atoms with van der Waals surface area (Å²) in [5.41, 5.74) is 3.09. The molecule has 0 fully saturated rings. The second kappa shape index (κ2) is 20.7. The van der Waals surface area contributed by atoms with Crippen molar-refractivity contribution in [2.45, 2.75) is 68.5 Å². The Hall–Kier alpha value is -1.54. The molecular formula is C25H41N3OY. The third kappa shape index (κ3) is 16.3. The van der Waals surface area contributed by atoms with Crippen LogP contribution in [0.4, 0.5) is 0 Å². The van der Waals surface area contributed by atoms with Gasteiger partial charge in [-0.3, -0.25) is 4.79 Å². The van der Waals surface area contributed by atoms with Crippen molar-refractivity contribution in [1.29, 1.82) is 5.26 Å². The van der Waals surface area contributed by atoms with Crippen molar-refractivity contribution >= 4 is 5.91 Å². The average molecular weight is 489 g/mol. The Bertz CT molecular complexity index is 710. The minimum Gasteiger partial charge on any atom is -0.351 e. The fourth-order valence-electron chi connectivity index (χ4n) is 2.12. The third-order valence-corrected chi connectivity index (χ3v) is 3.69. The van der Waals surface area contributed by atoms with E-state index >= 15 is 0 Å². The summed E-state index contributed by atoms with van der Waals surface area (Å²) in [4.78, 5) is 11.3. The number of nitriles is 1. The first-order chi connectivity index (χ1) is 12.4. The van der Waals surface area contributed by atoms with Crippen molar-refractivity contribution in [3.63, 3.8) is 0 Å². The minimum absolute atomic E-state index is 0. The maximum atomic E-state index is 11.3. The standard InChI is InChI=1S/C12H18N2O.C10H11N.3CH4.Y/c1-10(2)13-9-12(15)14-8-11-6-4-3-5-7-11;1-8(2)10-5-3-4-9(6-10)7-11;;;;/h3-7,10,13H,8-9H2,1-2H3,(H,14,15);3-6,8H,1-2H3;3*1H4;. The summed E-state index contributed by atoms with van der Waals surface area (Å²) in [6.07, 6.45) is 0. The number of benzene rings is 2. The molecule has 1 radical (unpaired) electrons. The normalized spacial score (nSPS) is 8.70. The van der Waals surface area contributed by atoms with Gasteiger partial charge in [-0.25, -0.2) is 0 Å². The zero-order valence-corrected chi connectivity index (χ0v) is 19.5. The molecule has 0 saturated carbocycles. The molecule has 0 aliphatic carbocycles. The molecule has 0 spiro atoms. The van der Waals surface area contributed by atoms with Gasteiger partial charge in [0.2, 0.25) is 5.91 Å². The predicted octanol–water partition coefficient (Wildman–Crippen LogP) is 5.89. The van der Waals surface area contributed by atoms with Crippen molar-refractivity contribution in [3.8, 4) is 6.07 Å². The number of nitrogens with one attached hydrogen (secondary N) is 2. The van der Waals surface area contributed by atoms with Crippen molar-refractivity contribution in [3.05, 3.63) is 71.3 Å². The van der Waals surface area contributed by atoms with E-state index < -0.39 is 0 Å². The zero-order valence-electron chi connectivity index (χ0n) is 16.7. The third-order valence-electron chi connectivity index (χ3n) is 3.69. The molecule has 165 valence electrons. The van der Waals surface area contributed by atoms with E-state index in [0.717, 1.165) is 11.1 Å². The number of amides is 1. The van der Waals surface area contributed by atoms with Gasteiger partial charge in [-0.15, -0.1) is 0 Å². The monoisotopic (exact) mass is 488 g/mol. The largest absolute Gasteiger partial charge is 0.351 e. The fourth-order valence-corrected chi connectivity index (χ4v) is 2.12. The van der Waals surface area contributed by atoms with E-state index in [1.54, 1.807) is 0 Å². The summed E-state index contributed by atoms with van der Waals surface area (Å²) in [5, 5.41) is 14.5. The second-order valence-corrected chi connectivity index (χ2v) is 6.69. The van der Waals surface area contributed by atoms with Crippen LogP contribution in [0.3, 0.4) is 0 Å². The number of carbonyl (C=O) groups excluding carboxylic acids is 1. The van der Waals surface area contributed by atoms with Gasteiger partial charge in [0, 0.05) is 45.3 Å². The first kappa shape index (κ1) is 35.9. The van der Waals surface area contributed by atoms with Crippen LogP contribution in [0.15, 0.2) is 54.6 Å². The Labute approximate surface area is 210 Å². The molecule has 5 heteroatoms. The number of rotatable bonds is 6. The summed E-state index contributed by atoms with van der Waals surface area (Å²) >= 11 is 0. The minimum atomic E-state index is 0. The van der Waals surface area contributed by atoms with Gasteiger partial charge in [-0.1, -0.05) is 92.4 Å². The molecule has 0 bridgehead atoms. The molecule has 0 unspecified atom stereocenters. The van der Waals surface area contributed by atoms with Crippen LogP contribution in [0.2, 0.25) is 0 Å². The van der Waals surface area contributed by atoms with E-state index in [1.165, 1.54) is 5.56 Å². The molecule has 0 aromatic heterocycles. The molecule has 0 saturated heterocycles. The smallest absolute Gasteiger partial charge is 0.234 e. The van der Waals surface area contributed by atoms with Gasteiger partial charge in [-0.2, -0.15) is 5.26 Å². The van der Waals surface area contributed by atoms with Gasteiger partial charge in [0.1, 0.15) is 0 Å². The molecule has 0 atom stereocenters. The number of hydrogen-bond donors (Lipinski definition) is 2. The summed E-state index contributed by atoms with van der Waals surface area (Å²) < 4.78 is 0. The molecular weight excluding hydrogens is 447 g/mol.